The van der Waals surface area contributed by atoms with Crippen LogP contribution in [0.1, 0.15) is 32.6 Å². The molecule has 5 heteroatoms. The predicted octanol–water partition coefficient (Wildman–Crippen LogP) is 2.59. The number of nitrogens with two attached hydrogens (primary N) is 1. The summed E-state index contributed by atoms with van der Waals surface area (Å²) in [4.78, 5) is 10.7. The Labute approximate surface area is 104 Å². The van der Waals surface area contributed by atoms with Gasteiger partial charge in [0.05, 0.1) is 4.47 Å². The fourth-order valence-electron chi connectivity index (χ4n) is 2.28. The number of halogens is 1. The molecule has 0 aliphatic carbocycles. The van der Waals surface area contributed by atoms with Crippen molar-refractivity contribution in [1.82, 2.24) is 9.97 Å². The number of anilines is 2. The molecule has 1 aromatic heterocycles. The van der Waals surface area contributed by atoms with E-state index in [1.54, 1.807) is 6.20 Å². The van der Waals surface area contributed by atoms with Crippen molar-refractivity contribution in [3.05, 3.63) is 10.7 Å². The van der Waals surface area contributed by atoms with Gasteiger partial charge in [0.25, 0.3) is 0 Å². The molecule has 1 aromatic rings. The van der Waals surface area contributed by atoms with Gasteiger partial charge in [0.1, 0.15) is 5.82 Å². The largest absolute Gasteiger partial charge is 0.368 e. The van der Waals surface area contributed by atoms with Crippen molar-refractivity contribution in [3.63, 3.8) is 0 Å². The lowest BCUT2D eigenvalue weighted by Crippen LogP contribution is -2.40. The molecule has 1 atom stereocenters. The van der Waals surface area contributed by atoms with Gasteiger partial charge < -0.3 is 10.6 Å². The molecule has 0 amide bonds. The monoisotopic (exact) mass is 284 g/mol. The summed E-state index contributed by atoms with van der Waals surface area (Å²) in [5.74, 6) is 1.29. The zero-order valence-electron chi connectivity index (χ0n) is 9.49. The van der Waals surface area contributed by atoms with Crippen molar-refractivity contribution < 1.29 is 0 Å². The number of hydrogen-bond acceptors (Lipinski definition) is 4. The first-order chi connectivity index (χ1) is 7.72. The Morgan fingerprint density at radius 1 is 1.56 bits per heavy atom. The highest BCUT2D eigenvalue weighted by molar-refractivity contribution is 9.10. The Morgan fingerprint density at radius 3 is 3.12 bits per heavy atom. The molecule has 0 radical (unpaired) electrons. The molecule has 1 aliphatic heterocycles. The highest BCUT2D eigenvalue weighted by Gasteiger charge is 2.23. The first kappa shape index (κ1) is 11.6. The molecule has 0 spiro atoms. The van der Waals surface area contributed by atoms with E-state index < -0.39 is 0 Å². The number of piperidine rings is 1. The lowest BCUT2D eigenvalue weighted by atomic mass is 10.0. The van der Waals surface area contributed by atoms with Crippen LogP contribution in [0.25, 0.3) is 0 Å². The zero-order valence-corrected chi connectivity index (χ0v) is 11.1. The Morgan fingerprint density at radius 2 is 2.38 bits per heavy atom. The van der Waals surface area contributed by atoms with Crippen LogP contribution in [-0.4, -0.2) is 22.6 Å². The molecular weight excluding hydrogens is 268 g/mol. The maximum atomic E-state index is 5.65. The first-order valence-electron chi connectivity index (χ1n) is 5.77. The minimum absolute atomic E-state index is 0.346. The number of rotatable bonds is 2. The Bertz CT molecular complexity index is 369. The highest BCUT2D eigenvalue weighted by atomic mass is 79.9. The third-order valence-electron chi connectivity index (χ3n) is 3.11. The fraction of sp³-hybridized carbons (Fsp3) is 0.636. The zero-order chi connectivity index (χ0) is 11.5. The molecule has 1 unspecified atom stereocenters. The Kier molecular flexibility index (Phi) is 3.63. The van der Waals surface area contributed by atoms with Crippen LogP contribution in [0.2, 0.25) is 0 Å². The summed E-state index contributed by atoms with van der Waals surface area (Å²) in [6.07, 6.45) is 6.67. The van der Waals surface area contributed by atoms with E-state index in [0.717, 1.165) is 23.3 Å². The first-order valence-corrected chi connectivity index (χ1v) is 6.56. The summed E-state index contributed by atoms with van der Waals surface area (Å²) in [6, 6.07) is 0.583. The predicted molar refractivity (Wildman–Crippen MR) is 69.4 cm³/mol. The van der Waals surface area contributed by atoms with Crippen LogP contribution >= 0.6 is 15.9 Å². The summed E-state index contributed by atoms with van der Waals surface area (Å²) in [5.41, 5.74) is 5.65. The van der Waals surface area contributed by atoms with Crippen molar-refractivity contribution in [1.29, 1.82) is 0 Å². The van der Waals surface area contributed by atoms with Crippen molar-refractivity contribution in [2.24, 2.45) is 0 Å². The summed E-state index contributed by atoms with van der Waals surface area (Å²) < 4.78 is 0.932. The van der Waals surface area contributed by atoms with Gasteiger partial charge >= 0.3 is 0 Å². The van der Waals surface area contributed by atoms with E-state index >= 15 is 0 Å². The topological polar surface area (TPSA) is 55.0 Å². The molecular formula is C11H17BrN4. The maximum Gasteiger partial charge on any atom is 0.222 e. The Balaban J connectivity index is 2.30. The molecule has 16 heavy (non-hydrogen) atoms. The van der Waals surface area contributed by atoms with E-state index in [-0.39, 0.29) is 0 Å². The van der Waals surface area contributed by atoms with Crippen molar-refractivity contribution >= 4 is 27.7 Å². The van der Waals surface area contributed by atoms with Crippen molar-refractivity contribution in [2.75, 3.05) is 17.2 Å². The minimum atomic E-state index is 0.346. The normalized spacial score (nSPS) is 21.1. The smallest absolute Gasteiger partial charge is 0.222 e. The van der Waals surface area contributed by atoms with Crippen molar-refractivity contribution in [2.45, 2.75) is 38.6 Å². The number of hydrogen-bond donors (Lipinski definition) is 1. The molecule has 4 nitrogen and oxygen atoms in total. The molecule has 1 aliphatic rings. The molecule has 2 rings (SSSR count). The number of aromatic nitrogens is 2. The average molecular weight is 285 g/mol. The van der Waals surface area contributed by atoms with Gasteiger partial charge in [-0.05, 0) is 41.6 Å². The van der Waals surface area contributed by atoms with Gasteiger partial charge in [-0.3, -0.25) is 0 Å². The summed E-state index contributed by atoms with van der Waals surface area (Å²) in [5, 5.41) is 0. The molecule has 0 saturated carbocycles. The molecule has 0 aromatic carbocycles. The summed E-state index contributed by atoms with van der Waals surface area (Å²) in [7, 11) is 0. The van der Waals surface area contributed by atoms with E-state index in [9.17, 15) is 0 Å². The third kappa shape index (κ3) is 2.29. The van der Waals surface area contributed by atoms with E-state index in [1.807, 2.05) is 0 Å². The van der Waals surface area contributed by atoms with Gasteiger partial charge in [-0.25, -0.2) is 4.98 Å². The van der Waals surface area contributed by atoms with Crippen LogP contribution in [-0.2, 0) is 0 Å². The summed E-state index contributed by atoms with van der Waals surface area (Å²) >= 11 is 3.50. The molecule has 1 fully saturated rings. The van der Waals surface area contributed by atoms with E-state index in [0.29, 0.717) is 12.0 Å². The van der Waals surface area contributed by atoms with Gasteiger partial charge in [0.15, 0.2) is 0 Å². The van der Waals surface area contributed by atoms with Crippen LogP contribution in [0.15, 0.2) is 10.7 Å². The molecule has 2 heterocycles. The van der Waals surface area contributed by atoms with E-state index in [2.05, 4.69) is 37.7 Å². The maximum absolute atomic E-state index is 5.65. The quantitative estimate of drug-likeness (QED) is 0.907. The van der Waals surface area contributed by atoms with Crippen LogP contribution in [0.5, 0.6) is 0 Å². The fourth-order valence-corrected chi connectivity index (χ4v) is 2.70. The second-order valence-corrected chi connectivity index (χ2v) is 5.01. The van der Waals surface area contributed by atoms with Gasteiger partial charge in [-0.15, -0.1) is 0 Å². The standard InChI is InChI=1S/C11H17BrN4/c1-2-8-5-3-4-6-16(8)10-9(12)7-14-11(13)15-10/h7-8H,2-6H2,1H3,(H2,13,14,15). The Hall–Kier alpha value is -0.840. The second kappa shape index (κ2) is 4.99. The van der Waals surface area contributed by atoms with Gasteiger partial charge in [-0.2, -0.15) is 4.98 Å². The third-order valence-corrected chi connectivity index (χ3v) is 3.67. The van der Waals surface area contributed by atoms with Gasteiger partial charge in [0, 0.05) is 18.8 Å². The lowest BCUT2D eigenvalue weighted by molar-refractivity contribution is 0.446. The van der Waals surface area contributed by atoms with E-state index in [1.165, 1.54) is 19.3 Å². The van der Waals surface area contributed by atoms with E-state index in [4.69, 9.17) is 5.73 Å². The average Bonchev–Trinajstić information content (AvgIpc) is 2.32. The molecule has 2 N–H and O–H groups in total. The van der Waals surface area contributed by atoms with Gasteiger partial charge in [0.2, 0.25) is 5.95 Å². The lowest BCUT2D eigenvalue weighted by Gasteiger charge is -2.36. The number of nitrogens with zero attached hydrogens (tertiary/aromatic N) is 3. The van der Waals surface area contributed by atoms with Crippen LogP contribution in [0, 0.1) is 0 Å². The van der Waals surface area contributed by atoms with Crippen LogP contribution < -0.4 is 10.6 Å². The van der Waals surface area contributed by atoms with Gasteiger partial charge in [-0.1, -0.05) is 6.92 Å². The number of nitrogen functional groups attached to an aromatic ring is 1. The second-order valence-electron chi connectivity index (χ2n) is 4.15. The molecule has 1 saturated heterocycles. The SMILES string of the molecule is CCC1CCCCN1c1nc(N)ncc1Br. The van der Waals surface area contributed by atoms with Crippen molar-refractivity contribution in [3.8, 4) is 0 Å². The summed E-state index contributed by atoms with van der Waals surface area (Å²) in [6.45, 7) is 3.29. The minimum Gasteiger partial charge on any atom is -0.368 e. The molecule has 88 valence electrons. The molecule has 0 bridgehead atoms. The van der Waals surface area contributed by atoms with Crippen LogP contribution in [0.3, 0.4) is 0 Å². The van der Waals surface area contributed by atoms with Crippen LogP contribution in [0.4, 0.5) is 11.8 Å². The highest BCUT2D eigenvalue weighted by Crippen LogP contribution is 2.30.